The molecular weight excluding hydrogens is 348 g/mol. The number of nitrogens with one attached hydrogen (secondary N) is 3. The number of nitrogens with zero attached hydrogens (tertiary/aromatic N) is 3. The highest BCUT2D eigenvalue weighted by Crippen LogP contribution is 2.23. The maximum absolute atomic E-state index is 8.67. The van der Waals surface area contributed by atoms with Gasteiger partial charge in [0.05, 0.1) is 16.7 Å². The van der Waals surface area contributed by atoms with Gasteiger partial charge >= 0.3 is 0 Å². The molecule has 2 aromatic heterocycles. The maximum Gasteiger partial charge on any atom is 0.129 e. The average molecular weight is 369 g/mol. The van der Waals surface area contributed by atoms with Gasteiger partial charge in [0.25, 0.3) is 0 Å². The lowest BCUT2D eigenvalue weighted by molar-refractivity contribution is 0.465. The molecule has 0 fully saturated rings. The van der Waals surface area contributed by atoms with Gasteiger partial charge in [0.2, 0.25) is 0 Å². The largest absolute Gasteiger partial charge is 0.393 e. The second kappa shape index (κ2) is 7.58. The molecule has 0 atom stereocenters. The van der Waals surface area contributed by atoms with Crippen LogP contribution in [-0.2, 0) is 0 Å². The molecule has 0 unspecified atom stereocenters. The number of hydrogen-bond acceptors (Lipinski definition) is 6. The average Bonchev–Trinajstić information content (AvgIpc) is 2.65. The van der Waals surface area contributed by atoms with Crippen molar-refractivity contribution in [1.82, 2.24) is 25.5 Å². The minimum Gasteiger partial charge on any atom is -0.393 e. The molecule has 0 saturated carbocycles. The fraction of sp³-hybridized carbons (Fsp3) is 0.211. The zero-order valence-electron chi connectivity index (χ0n) is 15.0. The Bertz CT molecular complexity index is 942. The summed E-state index contributed by atoms with van der Waals surface area (Å²) in [5.74, 6) is 1.02. The van der Waals surface area contributed by atoms with E-state index < -0.39 is 0 Å². The first-order valence-electron chi connectivity index (χ1n) is 8.21. The first-order chi connectivity index (χ1) is 12.5. The quantitative estimate of drug-likeness (QED) is 0.559. The molecule has 2 aromatic rings. The molecule has 0 bridgehead atoms. The molecule has 0 spiro atoms. The number of fused-ring (bicyclic) bond motifs is 1. The summed E-state index contributed by atoms with van der Waals surface area (Å²) in [7, 11) is 5.77. The smallest absolute Gasteiger partial charge is 0.129 e. The maximum atomic E-state index is 8.67. The van der Waals surface area contributed by atoms with Crippen molar-refractivity contribution in [3.8, 4) is 0 Å². The van der Waals surface area contributed by atoms with Gasteiger partial charge in [0, 0.05) is 51.2 Å². The second-order valence-corrected chi connectivity index (χ2v) is 6.50. The molecule has 3 N–H and O–H groups in total. The Kier molecular flexibility index (Phi) is 5.23. The summed E-state index contributed by atoms with van der Waals surface area (Å²) < 4.78 is 0. The van der Waals surface area contributed by atoms with Crippen molar-refractivity contribution in [2.75, 3.05) is 27.7 Å². The van der Waals surface area contributed by atoms with Crippen molar-refractivity contribution in [3.63, 3.8) is 0 Å². The van der Waals surface area contributed by atoms with Crippen LogP contribution in [0.4, 0.5) is 0 Å². The molecule has 0 aromatic carbocycles. The summed E-state index contributed by atoms with van der Waals surface area (Å²) in [6, 6.07) is 5.46. The first-order valence-corrected chi connectivity index (χ1v) is 8.59. The number of pyridine rings is 2. The van der Waals surface area contributed by atoms with Crippen molar-refractivity contribution in [3.05, 3.63) is 64.9 Å². The van der Waals surface area contributed by atoms with E-state index in [1.165, 1.54) is 0 Å². The Morgan fingerprint density at radius 3 is 2.77 bits per heavy atom. The van der Waals surface area contributed by atoms with E-state index in [9.17, 15) is 0 Å². The fourth-order valence-electron chi connectivity index (χ4n) is 2.71. The summed E-state index contributed by atoms with van der Waals surface area (Å²) in [5, 5.41) is 15.4. The first kappa shape index (κ1) is 17.9. The number of rotatable bonds is 5. The van der Waals surface area contributed by atoms with E-state index in [1.54, 1.807) is 12.3 Å². The predicted octanol–water partition coefficient (Wildman–Crippen LogP) is 2.80. The van der Waals surface area contributed by atoms with Gasteiger partial charge in [-0.2, -0.15) is 0 Å². The van der Waals surface area contributed by atoms with Crippen LogP contribution in [0.15, 0.2) is 54.1 Å². The van der Waals surface area contributed by atoms with Gasteiger partial charge in [0.1, 0.15) is 11.0 Å². The van der Waals surface area contributed by atoms with Gasteiger partial charge in [-0.3, -0.25) is 10.4 Å². The Morgan fingerprint density at radius 1 is 1.31 bits per heavy atom. The lowest BCUT2D eigenvalue weighted by atomic mass is 9.96. The summed E-state index contributed by atoms with van der Waals surface area (Å²) in [6.07, 6.45) is 7.51. The van der Waals surface area contributed by atoms with Crippen molar-refractivity contribution in [2.24, 2.45) is 0 Å². The highest BCUT2D eigenvalue weighted by molar-refractivity contribution is 6.31. The monoisotopic (exact) mass is 368 g/mol. The van der Waals surface area contributed by atoms with E-state index in [-0.39, 0.29) is 0 Å². The van der Waals surface area contributed by atoms with Gasteiger partial charge in [-0.1, -0.05) is 17.7 Å². The van der Waals surface area contributed by atoms with E-state index >= 15 is 0 Å². The predicted molar refractivity (Wildman–Crippen MR) is 107 cm³/mol. The van der Waals surface area contributed by atoms with Crippen LogP contribution in [0.2, 0.25) is 5.15 Å². The molecule has 6 nitrogen and oxygen atoms in total. The number of halogens is 1. The van der Waals surface area contributed by atoms with E-state index in [1.807, 2.05) is 56.5 Å². The molecule has 0 radical (unpaired) electrons. The highest BCUT2D eigenvalue weighted by atomic mass is 35.5. The van der Waals surface area contributed by atoms with Gasteiger partial charge in [-0.15, -0.1) is 0 Å². The van der Waals surface area contributed by atoms with Crippen LogP contribution in [0.1, 0.15) is 5.56 Å². The molecule has 0 amide bonds. The summed E-state index contributed by atoms with van der Waals surface area (Å²) in [4.78, 5) is 10.8. The van der Waals surface area contributed by atoms with Crippen LogP contribution in [-0.4, -0.2) is 48.3 Å². The summed E-state index contributed by atoms with van der Waals surface area (Å²) in [6.45, 7) is 0.592. The molecule has 0 aliphatic carbocycles. The molecular formula is C19H21ClN6. The van der Waals surface area contributed by atoms with E-state index in [4.69, 9.17) is 17.0 Å². The van der Waals surface area contributed by atoms with E-state index in [0.717, 1.165) is 28.0 Å². The topological polar surface area (TPSA) is 76.9 Å². The van der Waals surface area contributed by atoms with Crippen molar-refractivity contribution in [2.45, 2.75) is 0 Å². The Hall–Kier alpha value is -2.86. The highest BCUT2D eigenvalue weighted by Gasteiger charge is 2.17. The van der Waals surface area contributed by atoms with Gasteiger partial charge in [-0.05, 0) is 29.8 Å². The molecule has 3 rings (SSSR count). The fourth-order valence-corrected chi connectivity index (χ4v) is 2.86. The standard InChI is InChI=1S/C19H21ClN6/c1-22-11-14(19(21)12-4-7-18(24-9-12)26(2)3)13-8-16-15(23-10-13)5-6-17(20)25-16/h4-8,10-11,21-22,24H,9H2,1-3H3/b14-11-,21-19?. The van der Waals surface area contributed by atoms with Crippen molar-refractivity contribution >= 4 is 33.9 Å². The zero-order chi connectivity index (χ0) is 18.7. The van der Waals surface area contributed by atoms with Gasteiger partial charge < -0.3 is 15.5 Å². The van der Waals surface area contributed by atoms with Crippen molar-refractivity contribution < 1.29 is 0 Å². The van der Waals surface area contributed by atoms with Gasteiger partial charge in [-0.25, -0.2) is 4.98 Å². The van der Waals surface area contributed by atoms with Crippen LogP contribution in [0.3, 0.4) is 0 Å². The normalized spacial score (nSPS) is 14.4. The van der Waals surface area contributed by atoms with Crippen LogP contribution in [0.25, 0.3) is 16.6 Å². The SMILES string of the molecule is CN/C=C(\C(=N)C1=CC=C(N(C)C)NC1)c1cnc2ccc(Cl)nc2c1. The minimum absolute atomic E-state index is 0.422. The number of dihydropyridines is 1. The molecule has 7 heteroatoms. The van der Waals surface area contributed by atoms with Gasteiger partial charge in [0.15, 0.2) is 0 Å². The van der Waals surface area contributed by atoms with Crippen LogP contribution in [0, 0.1) is 5.41 Å². The van der Waals surface area contributed by atoms with E-state index in [2.05, 4.69) is 20.6 Å². The third-order valence-electron chi connectivity index (χ3n) is 4.08. The molecule has 26 heavy (non-hydrogen) atoms. The number of allylic oxidation sites excluding steroid dienone is 3. The number of aromatic nitrogens is 2. The Morgan fingerprint density at radius 2 is 2.12 bits per heavy atom. The summed E-state index contributed by atoms with van der Waals surface area (Å²) >= 11 is 6.00. The third-order valence-corrected chi connectivity index (χ3v) is 4.29. The molecule has 0 saturated heterocycles. The minimum atomic E-state index is 0.422. The molecule has 3 heterocycles. The van der Waals surface area contributed by atoms with Crippen LogP contribution in [0.5, 0.6) is 0 Å². The lowest BCUT2D eigenvalue weighted by Gasteiger charge is -2.24. The van der Waals surface area contributed by atoms with Crippen LogP contribution < -0.4 is 10.6 Å². The van der Waals surface area contributed by atoms with Crippen molar-refractivity contribution in [1.29, 1.82) is 5.41 Å². The Balaban J connectivity index is 1.97. The van der Waals surface area contributed by atoms with E-state index in [0.29, 0.717) is 22.9 Å². The number of hydrogen-bond donors (Lipinski definition) is 3. The summed E-state index contributed by atoms with van der Waals surface area (Å²) in [5.41, 5.74) is 4.37. The zero-order valence-corrected chi connectivity index (χ0v) is 15.7. The Labute approximate surface area is 157 Å². The van der Waals surface area contributed by atoms with Crippen LogP contribution >= 0.6 is 11.6 Å². The third kappa shape index (κ3) is 3.70. The molecule has 1 aliphatic heterocycles. The second-order valence-electron chi connectivity index (χ2n) is 6.11. The molecule has 1 aliphatic rings. The molecule has 134 valence electrons. The lowest BCUT2D eigenvalue weighted by Crippen LogP contribution is -2.31.